The van der Waals surface area contributed by atoms with E-state index in [4.69, 9.17) is 0 Å². The van der Waals surface area contributed by atoms with Crippen molar-refractivity contribution in [3.63, 3.8) is 0 Å². The molecular weight excluding hydrogens is 472 g/mol. The van der Waals surface area contributed by atoms with Crippen molar-refractivity contribution in [3.05, 3.63) is 100 Å². The van der Waals surface area contributed by atoms with Crippen LogP contribution in [0.5, 0.6) is 5.75 Å². The molecule has 3 rings (SSSR count). The number of aryl methyl sites for hydroxylation is 2. The minimum atomic E-state index is -0.0732. The van der Waals surface area contributed by atoms with Crippen molar-refractivity contribution in [2.45, 2.75) is 129 Å². The largest absolute Gasteiger partial charge is 0.508 e. The lowest BCUT2D eigenvalue weighted by Gasteiger charge is -2.32. The van der Waals surface area contributed by atoms with Crippen molar-refractivity contribution >= 4 is 0 Å². The Kier molecular flexibility index (Phi) is 11.7. The Morgan fingerprint density at radius 2 is 0.974 bits per heavy atom. The van der Waals surface area contributed by atoms with Crippen LogP contribution in [-0.2, 0) is 36.5 Å². The Hall–Kier alpha value is -2.54. The van der Waals surface area contributed by atoms with Crippen molar-refractivity contribution in [2.75, 3.05) is 0 Å². The van der Waals surface area contributed by atoms with Gasteiger partial charge in [0, 0.05) is 0 Å². The molecular formula is C38H54O. The van der Waals surface area contributed by atoms with Gasteiger partial charge in [-0.05, 0) is 88.8 Å². The average Bonchev–Trinajstić information content (AvgIpc) is 2.91. The molecule has 1 nitrogen and oxygen atoms in total. The van der Waals surface area contributed by atoms with Crippen LogP contribution >= 0.6 is 0 Å². The minimum absolute atomic E-state index is 0.0226. The zero-order valence-corrected chi connectivity index (χ0v) is 25.8. The zero-order chi connectivity index (χ0) is 28.3. The zero-order valence-electron chi connectivity index (χ0n) is 25.8. The monoisotopic (exact) mass is 526 g/mol. The Labute approximate surface area is 240 Å². The van der Waals surface area contributed by atoms with Crippen molar-refractivity contribution in [2.24, 2.45) is 0 Å². The number of benzene rings is 3. The van der Waals surface area contributed by atoms with Gasteiger partial charge in [0.05, 0.1) is 0 Å². The highest BCUT2D eigenvalue weighted by atomic mass is 16.3. The number of unbranched alkanes of at least 4 members (excludes halogenated alkanes) is 6. The van der Waals surface area contributed by atoms with E-state index in [-0.39, 0.29) is 10.8 Å². The Bertz CT molecular complexity index is 1150. The number of phenols is 1. The molecule has 0 aliphatic carbocycles. The third kappa shape index (κ3) is 8.72. The van der Waals surface area contributed by atoms with E-state index in [0.717, 1.165) is 31.2 Å². The fourth-order valence-corrected chi connectivity index (χ4v) is 6.38. The van der Waals surface area contributed by atoms with Gasteiger partial charge >= 0.3 is 0 Å². The summed E-state index contributed by atoms with van der Waals surface area (Å²) in [5, 5.41) is 11.2. The number of phenolic OH excluding ortho intramolecular Hbond substituents is 1. The van der Waals surface area contributed by atoms with E-state index in [2.05, 4.69) is 96.1 Å². The van der Waals surface area contributed by atoms with E-state index >= 15 is 0 Å². The van der Waals surface area contributed by atoms with E-state index in [1.165, 1.54) is 79.2 Å². The smallest absolute Gasteiger partial charge is 0.119 e. The fourth-order valence-electron chi connectivity index (χ4n) is 6.38. The van der Waals surface area contributed by atoms with Crippen LogP contribution in [-0.4, -0.2) is 5.11 Å². The lowest BCUT2D eigenvalue weighted by molar-refractivity contribution is 0.442. The second-order valence-electron chi connectivity index (χ2n) is 13.0. The first kappa shape index (κ1) is 31.0. The molecule has 0 aliphatic rings. The summed E-state index contributed by atoms with van der Waals surface area (Å²) < 4.78 is 0. The van der Waals surface area contributed by atoms with Crippen molar-refractivity contribution in [1.29, 1.82) is 0 Å². The van der Waals surface area contributed by atoms with E-state index in [9.17, 15) is 5.11 Å². The van der Waals surface area contributed by atoms with Crippen LogP contribution in [0.1, 0.15) is 126 Å². The van der Waals surface area contributed by atoms with Gasteiger partial charge in [-0.15, -0.1) is 0 Å². The highest BCUT2D eigenvalue weighted by Crippen LogP contribution is 2.38. The maximum absolute atomic E-state index is 11.2. The lowest BCUT2D eigenvalue weighted by atomic mass is 9.72. The maximum Gasteiger partial charge on any atom is 0.119 e. The first-order chi connectivity index (χ1) is 18.7. The first-order valence-electron chi connectivity index (χ1n) is 15.7. The van der Waals surface area contributed by atoms with Crippen LogP contribution in [0.25, 0.3) is 0 Å². The third-order valence-corrected chi connectivity index (χ3v) is 8.59. The third-order valence-electron chi connectivity index (χ3n) is 8.59. The molecule has 0 amide bonds. The van der Waals surface area contributed by atoms with Gasteiger partial charge in [-0.3, -0.25) is 0 Å². The summed E-state index contributed by atoms with van der Waals surface area (Å²) in [6.07, 6.45) is 14.3. The predicted molar refractivity (Wildman–Crippen MR) is 170 cm³/mol. The Balaban J connectivity index is 1.86. The fraction of sp³-hybridized carbons (Fsp3) is 0.526. The van der Waals surface area contributed by atoms with Crippen molar-refractivity contribution in [3.8, 4) is 5.75 Å². The number of hydrogen-bond acceptors (Lipinski definition) is 1. The maximum atomic E-state index is 11.2. The molecule has 0 bridgehead atoms. The van der Waals surface area contributed by atoms with Gasteiger partial charge in [-0.1, -0.05) is 141 Å². The van der Waals surface area contributed by atoms with Gasteiger partial charge in [0.2, 0.25) is 0 Å². The van der Waals surface area contributed by atoms with Crippen molar-refractivity contribution < 1.29 is 5.11 Å². The second-order valence-corrected chi connectivity index (χ2v) is 13.0. The average molecular weight is 527 g/mol. The van der Waals surface area contributed by atoms with Gasteiger partial charge in [0.1, 0.15) is 5.75 Å². The molecule has 3 aromatic carbocycles. The highest BCUT2D eigenvalue weighted by Gasteiger charge is 2.29. The van der Waals surface area contributed by atoms with Gasteiger partial charge in [-0.25, -0.2) is 0 Å². The molecule has 0 spiro atoms. The summed E-state index contributed by atoms with van der Waals surface area (Å²) in [4.78, 5) is 0. The van der Waals surface area contributed by atoms with Crippen LogP contribution in [0, 0.1) is 0 Å². The topological polar surface area (TPSA) is 20.2 Å². The molecule has 1 heteroatoms. The van der Waals surface area contributed by atoms with E-state index in [0.29, 0.717) is 5.75 Å². The van der Waals surface area contributed by atoms with Crippen LogP contribution in [0.3, 0.4) is 0 Å². The SMILES string of the molecule is CCCCCCc1ccccc1C(C)(C)Cc1cccc(O)c1CC(C)(C)c1ccccc1CCCCCC. The van der Waals surface area contributed by atoms with E-state index in [1.54, 1.807) is 0 Å². The molecule has 0 unspecified atom stereocenters. The van der Waals surface area contributed by atoms with Crippen LogP contribution < -0.4 is 0 Å². The Morgan fingerprint density at radius 1 is 0.513 bits per heavy atom. The standard InChI is InChI=1S/C38H54O/c1-7-9-11-13-20-30-22-15-17-25-34(30)37(3,4)28-32-24-19-27-36(39)33(32)29-38(5,6)35-26-18-16-23-31(35)21-14-12-10-8-2/h15-19,22-27,39H,7-14,20-21,28-29H2,1-6H3. The summed E-state index contributed by atoms with van der Waals surface area (Å²) in [5.41, 5.74) is 8.11. The molecule has 212 valence electrons. The summed E-state index contributed by atoms with van der Waals surface area (Å²) in [7, 11) is 0. The van der Waals surface area contributed by atoms with Crippen LogP contribution in [0.15, 0.2) is 66.7 Å². The second kappa shape index (κ2) is 14.7. The molecule has 0 radical (unpaired) electrons. The van der Waals surface area contributed by atoms with Gasteiger partial charge in [0.15, 0.2) is 0 Å². The highest BCUT2D eigenvalue weighted by molar-refractivity contribution is 5.45. The van der Waals surface area contributed by atoms with Crippen LogP contribution in [0.4, 0.5) is 0 Å². The molecule has 3 aromatic rings. The van der Waals surface area contributed by atoms with Gasteiger partial charge in [0.25, 0.3) is 0 Å². The molecule has 0 aromatic heterocycles. The molecule has 1 N–H and O–H groups in total. The first-order valence-corrected chi connectivity index (χ1v) is 15.7. The number of hydrogen-bond donors (Lipinski definition) is 1. The van der Waals surface area contributed by atoms with Crippen LogP contribution in [0.2, 0.25) is 0 Å². The molecule has 0 atom stereocenters. The predicted octanol–water partition coefficient (Wildman–Crippen LogP) is 10.7. The molecule has 39 heavy (non-hydrogen) atoms. The number of aromatic hydroxyl groups is 1. The van der Waals surface area contributed by atoms with E-state index in [1.807, 2.05) is 12.1 Å². The summed E-state index contributed by atoms with van der Waals surface area (Å²) in [5.74, 6) is 0.435. The minimum Gasteiger partial charge on any atom is -0.508 e. The molecule has 0 fully saturated rings. The quantitative estimate of drug-likeness (QED) is 0.184. The molecule has 0 saturated heterocycles. The normalized spacial score (nSPS) is 12.2. The Morgan fingerprint density at radius 3 is 1.49 bits per heavy atom. The lowest BCUT2D eigenvalue weighted by Crippen LogP contribution is -2.26. The van der Waals surface area contributed by atoms with Gasteiger partial charge in [-0.2, -0.15) is 0 Å². The van der Waals surface area contributed by atoms with Gasteiger partial charge < -0.3 is 5.11 Å². The summed E-state index contributed by atoms with van der Waals surface area (Å²) in [6, 6.07) is 24.2. The summed E-state index contributed by atoms with van der Waals surface area (Å²) >= 11 is 0. The molecule has 0 heterocycles. The molecule has 0 aliphatic heterocycles. The summed E-state index contributed by atoms with van der Waals surface area (Å²) in [6.45, 7) is 14.0. The van der Waals surface area contributed by atoms with E-state index < -0.39 is 0 Å². The molecule has 0 saturated carbocycles. The van der Waals surface area contributed by atoms with Crippen molar-refractivity contribution in [1.82, 2.24) is 0 Å². The number of rotatable bonds is 16.